The highest BCUT2D eigenvalue weighted by molar-refractivity contribution is 4.88. The maximum absolute atomic E-state index is 5.74. The Morgan fingerprint density at radius 2 is 2.23 bits per heavy atom. The van der Waals surface area contributed by atoms with Gasteiger partial charge in [-0.1, -0.05) is 6.92 Å². The van der Waals surface area contributed by atoms with E-state index in [0.717, 1.165) is 32.2 Å². The molecule has 3 nitrogen and oxygen atoms in total. The van der Waals surface area contributed by atoms with Crippen molar-refractivity contribution in [2.24, 2.45) is 5.73 Å². The van der Waals surface area contributed by atoms with Crippen molar-refractivity contribution in [3.8, 4) is 0 Å². The maximum Gasteiger partial charge on any atom is 0.0589 e. The van der Waals surface area contributed by atoms with Gasteiger partial charge in [-0.15, -0.1) is 0 Å². The summed E-state index contributed by atoms with van der Waals surface area (Å²) in [4.78, 5) is 2.52. The summed E-state index contributed by atoms with van der Waals surface area (Å²) in [5.74, 6) is 0. The van der Waals surface area contributed by atoms with Gasteiger partial charge in [0, 0.05) is 32.3 Å². The monoisotopic (exact) mass is 186 g/mol. The van der Waals surface area contributed by atoms with E-state index >= 15 is 0 Å². The summed E-state index contributed by atoms with van der Waals surface area (Å²) in [6, 6.07) is 1.35. The molecule has 0 aromatic rings. The van der Waals surface area contributed by atoms with Crippen LogP contribution in [0.5, 0.6) is 0 Å². The lowest BCUT2D eigenvalue weighted by Crippen LogP contribution is -2.43. The van der Waals surface area contributed by atoms with Crippen molar-refractivity contribution in [2.45, 2.75) is 38.3 Å². The summed E-state index contributed by atoms with van der Waals surface area (Å²) in [6.45, 7) is 4.85. The standard InChI is InChI=1S/C10H22N2O/c1-3-9(8-11)12(6-7-13-2)10-4-5-10/h9-10H,3-8,11H2,1-2H3. The van der Waals surface area contributed by atoms with E-state index in [1.807, 2.05) is 0 Å². The Morgan fingerprint density at radius 1 is 1.54 bits per heavy atom. The van der Waals surface area contributed by atoms with E-state index in [-0.39, 0.29) is 0 Å². The maximum atomic E-state index is 5.74. The molecule has 0 amide bonds. The van der Waals surface area contributed by atoms with E-state index in [2.05, 4.69) is 11.8 Å². The van der Waals surface area contributed by atoms with Gasteiger partial charge in [-0.05, 0) is 19.3 Å². The van der Waals surface area contributed by atoms with Crippen LogP contribution in [0.25, 0.3) is 0 Å². The third-order valence-electron chi connectivity index (χ3n) is 2.78. The van der Waals surface area contributed by atoms with Crippen LogP contribution in [0.2, 0.25) is 0 Å². The van der Waals surface area contributed by atoms with Crippen LogP contribution in [0.3, 0.4) is 0 Å². The number of rotatable bonds is 7. The average molecular weight is 186 g/mol. The van der Waals surface area contributed by atoms with E-state index in [0.29, 0.717) is 6.04 Å². The zero-order valence-corrected chi connectivity index (χ0v) is 8.83. The third-order valence-corrected chi connectivity index (χ3v) is 2.78. The summed E-state index contributed by atoms with van der Waals surface area (Å²) in [7, 11) is 1.76. The molecule has 0 aromatic heterocycles. The van der Waals surface area contributed by atoms with Crippen LogP contribution in [-0.4, -0.2) is 43.8 Å². The highest BCUT2D eigenvalue weighted by atomic mass is 16.5. The highest BCUT2D eigenvalue weighted by Gasteiger charge is 2.32. The van der Waals surface area contributed by atoms with Gasteiger partial charge in [-0.3, -0.25) is 4.90 Å². The second-order valence-corrected chi connectivity index (χ2v) is 3.76. The van der Waals surface area contributed by atoms with Crippen molar-refractivity contribution >= 4 is 0 Å². The molecule has 0 bridgehead atoms. The molecule has 1 rings (SSSR count). The number of ether oxygens (including phenoxy) is 1. The summed E-state index contributed by atoms with van der Waals surface area (Å²) >= 11 is 0. The SMILES string of the molecule is CCC(CN)N(CCOC)C1CC1. The van der Waals surface area contributed by atoms with Crippen LogP contribution in [0.15, 0.2) is 0 Å². The molecule has 13 heavy (non-hydrogen) atoms. The van der Waals surface area contributed by atoms with Crippen molar-refractivity contribution in [3.05, 3.63) is 0 Å². The first kappa shape index (κ1) is 11.0. The molecule has 0 aromatic carbocycles. The van der Waals surface area contributed by atoms with Gasteiger partial charge in [-0.25, -0.2) is 0 Å². The molecule has 1 aliphatic rings. The van der Waals surface area contributed by atoms with Gasteiger partial charge in [0.25, 0.3) is 0 Å². The van der Waals surface area contributed by atoms with Crippen molar-refractivity contribution in [2.75, 3.05) is 26.8 Å². The van der Waals surface area contributed by atoms with Gasteiger partial charge < -0.3 is 10.5 Å². The number of hydrogen-bond acceptors (Lipinski definition) is 3. The van der Waals surface area contributed by atoms with Gasteiger partial charge in [0.05, 0.1) is 6.61 Å². The van der Waals surface area contributed by atoms with Crippen LogP contribution in [0, 0.1) is 0 Å². The minimum absolute atomic E-state index is 0.558. The van der Waals surface area contributed by atoms with E-state index in [1.54, 1.807) is 7.11 Å². The summed E-state index contributed by atoms with van der Waals surface area (Å²) in [5.41, 5.74) is 5.74. The fourth-order valence-corrected chi connectivity index (χ4v) is 1.80. The Kier molecular flexibility index (Phi) is 4.70. The van der Waals surface area contributed by atoms with E-state index in [9.17, 15) is 0 Å². The molecule has 1 aliphatic carbocycles. The van der Waals surface area contributed by atoms with Crippen LogP contribution in [0.1, 0.15) is 26.2 Å². The lowest BCUT2D eigenvalue weighted by atomic mass is 10.2. The highest BCUT2D eigenvalue weighted by Crippen LogP contribution is 2.28. The number of nitrogens with zero attached hydrogens (tertiary/aromatic N) is 1. The molecule has 0 saturated heterocycles. The topological polar surface area (TPSA) is 38.5 Å². The molecule has 0 radical (unpaired) electrons. The van der Waals surface area contributed by atoms with Crippen molar-refractivity contribution in [1.82, 2.24) is 4.90 Å². The molecular weight excluding hydrogens is 164 g/mol. The number of methoxy groups -OCH3 is 1. The first-order valence-corrected chi connectivity index (χ1v) is 5.28. The molecule has 1 atom stereocenters. The Bertz CT molecular complexity index is 133. The fraction of sp³-hybridized carbons (Fsp3) is 1.00. The van der Waals surface area contributed by atoms with Gasteiger partial charge in [0.2, 0.25) is 0 Å². The molecule has 1 fully saturated rings. The molecule has 3 heteroatoms. The minimum atomic E-state index is 0.558. The minimum Gasteiger partial charge on any atom is -0.383 e. The fourth-order valence-electron chi connectivity index (χ4n) is 1.80. The second kappa shape index (κ2) is 5.58. The molecule has 0 heterocycles. The Hall–Kier alpha value is -0.120. The summed E-state index contributed by atoms with van der Waals surface area (Å²) in [5, 5.41) is 0. The Morgan fingerprint density at radius 3 is 2.62 bits per heavy atom. The Balaban J connectivity index is 2.34. The normalized spacial score (nSPS) is 19.4. The van der Waals surface area contributed by atoms with E-state index < -0.39 is 0 Å². The number of nitrogens with two attached hydrogens (primary N) is 1. The predicted molar refractivity (Wildman–Crippen MR) is 54.7 cm³/mol. The molecule has 78 valence electrons. The van der Waals surface area contributed by atoms with Crippen molar-refractivity contribution < 1.29 is 4.74 Å². The lowest BCUT2D eigenvalue weighted by Gasteiger charge is -2.29. The molecule has 1 unspecified atom stereocenters. The first-order chi connectivity index (χ1) is 6.33. The van der Waals surface area contributed by atoms with Crippen LogP contribution >= 0.6 is 0 Å². The zero-order valence-electron chi connectivity index (χ0n) is 8.83. The lowest BCUT2D eigenvalue weighted by molar-refractivity contribution is 0.114. The van der Waals surface area contributed by atoms with E-state index in [4.69, 9.17) is 10.5 Å². The first-order valence-electron chi connectivity index (χ1n) is 5.28. The molecule has 0 spiro atoms. The van der Waals surface area contributed by atoms with Crippen LogP contribution < -0.4 is 5.73 Å². The van der Waals surface area contributed by atoms with Crippen LogP contribution in [0.4, 0.5) is 0 Å². The number of hydrogen-bond donors (Lipinski definition) is 1. The van der Waals surface area contributed by atoms with E-state index in [1.165, 1.54) is 12.8 Å². The quantitative estimate of drug-likeness (QED) is 0.640. The van der Waals surface area contributed by atoms with Crippen molar-refractivity contribution in [3.63, 3.8) is 0 Å². The van der Waals surface area contributed by atoms with Gasteiger partial charge in [0.1, 0.15) is 0 Å². The van der Waals surface area contributed by atoms with Gasteiger partial charge in [0.15, 0.2) is 0 Å². The molecule has 2 N–H and O–H groups in total. The second-order valence-electron chi connectivity index (χ2n) is 3.76. The predicted octanol–water partition coefficient (Wildman–Crippen LogP) is 0.834. The third kappa shape index (κ3) is 3.25. The van der Waals surface area contributed by atoms with Gasteiger partial charge >= 0.3 is 0 Å². The largest absolute Gasteiger partial charge is 0.383 e. The zero-order chi connectivity index (χ0) is 9.68. The molecular formula is C10H22N2O. The Labute approximate surface area is 81.2 Å². The molecule has 0 aliphatic heterocycles. The smallest absolute Gasteiger partial charge is 0.0589 e. The average Bonchev–Trinajstić information content (AvgIpc) is 2.95. The van der Waals surface area contributed by atoms with Gasteiger partial charge in [-0.2, -0.15) is 0 Å². The summed E-state index contributed by atoms with van der Waals surface area (Å²) in [6.07, 6.45) is 3.84. The summed E-state index contributed by atoms with van der Waals surface area (Å²) < 4.78 is 5.11. The molecule has 1 saturated carbocycles. The van der Waals surface area contributed by atoms with Crippen LogP contribution in [-0.2, 0) is 4.74 Å². The van der Waals surface area contributed by atoms with Crippen molar-refractivity contribution in [1.29, 1.82) is 0 Å².